The Labute approximate surface area is 90.2 Å². The van der Waals surface area contributed by atoms with E-state index in [0.717, 1.165) is 0 Å². The molecule has 13 heavy (non-hydrogen) atoms. The first-order valence-corrected chi connectivity index (χ1v) is 2.10. The molecule has 0 aromatic heterocycles. The van der Waals surface area contributed by atoms with Crippen molar-refractivity contribution in [1.29, 1.82) is 0 Å². The summed E-state index contributed by atoms with van der Waals surface area (Å²) in [5.74, 6) is 0. The maximum atomic E-state index is 8.74. The standard InChI is InChI=1S/H2O4S.7H2O.H2Te/c1-5(2,3)4;;;;;;;;/h(H2,1,2,3,4);8*1H2. The van der Waals surface area contributed by atoms with E-state index in [9.17, 15) is 0 Å². The minimum atomic E-state index is -4.67. The molecule has 0 heterocycles. The zero-order valence-electron chi connectivity index (χ0n) is 6.12. The third kappa shape index (κ3) is 9260. The monoisotopic (exact) mass is 356 g/mol. The van der Waals surface area contributed by atoms with Gasteiger partial charge in [0, 0.05) is 0 Å². The average Bonchev–Trinajstić information content (AvgIpc) is 0.722. The van der Waals surface area contributed by atoms with Crippen LogP contribution in [0.1, 0.15) is 0 Å². The first-order valence-electron chi connectivity index (χ1n) is 0.698. The molecule has 0 aliphatic rings. The van der Waals surface area contributed by atoms with Crippen LogP contribution in [0.5, 0.6) is 0 Å². The summed E-state index contributed by atoms with van der Waals surface area (Å²) in [6, 6.07) is 0. The van der Waals surface area contributed by atoms with E-state index >= 15 is 0 Å². The van der Waals surface area contributed by atoms with Crippen LogP contribution in [0.3, 0.4) is 0 Å². The van der Waals surface area contributed by atoms with E-state index in [1.165, 1.54) is 0 Å². The van der Waals surface area contributed by atoms with E-state index in [-0.39, 0.29) is 62.0 Å². The third-order valence-electron chi connectivity index (χ3n) is 0. The molecular weight excluding hydrogens is 336 g/mol. The van der Waals surface area contributed by atoms with Crippen LogP contribution in [-0.4, -0.2) is 79.5 Å². The molecule has 0 fully saturated rings. The van der Waals surface area contributed by atoms with Crippen LogP contribution in [0.2, 0.25) is 0 Å². The fourth-order valence-corrected chi connectivity index (χ4v) is 0. The van der Waals surface area contributed by atoms with Gasteiger partial charge in [-0.3, -0.25) is 9.11 Å². The molecule has 0 rings (SSSR count). The molecule has 16 N–H and O–H groups in total. The topological polar surface area (TPSA) is 295 Å². The molecule has 11 nitrogen and oxygen atoms in total. The first kappa shape index (κ1) is 107. The molecule has 0 radical (unpaired) electrons. The van der Waals surface area contributed by atoms with Gasteiger partial charge in [-0.15, -0.1) is 0 Å². The van der Waals surface area contributed by atoms with Crippen molar-refractivity contribution in [2.24, 2.45) is 0 Å². The van der Waals surface area contributed by atoms with Crippen LogP contribution in [0.15, 0.2) is 0 Å². The van der Waals surface area contributed by atoms with E-state index in [1.807, 2.05) is 0 Å². The molecule has 0 spiro atoms. The van der Waals surface area contributed by atoms with Gasteiger partial charge in [-0.2, -0.15) is 8.42 Å². The summed E-state index contributed by atoms with van der Waals surface area (Å²) in [4.78, 5) is 0. The molecule has 0 saturated carbocycles. The van der Waals surface area contributed by atoms with E-state index in [1.54, 1.807) is 0 Å². The van der Waals surface area contributed by atoms with E-state index < -0.39 is 10.4 Å². The van der Waals surface area contributed by atoms with Crippen LogP contribution >= 0.6 is 0 Å². The van der Waals surface area contributed by atoms with Gasteiger partial charge in [0.25, 0.3) is 0 Å². The Morgan fingerprint density at radius 2 is 0.615 bits per heavy atom. The molecule has 0 aliphatic heterocycles. The van der Waals surface area contributed by atoms with E-state index in [2.05, 4.69) is 0 Å². The van der Waals surface area contributed by atoms with Crippen molar-refractivity contribution in [1.82, 2.24) is 0 Å². The van der Waals surface area contributed by atoms with Crippen molar-refractivity contribution in [3.8, 4) is 0 Å². The summed E-state index contributed by atoms with van der Waals surface area (Å²) in [7, 11) is -4.67. The number of rotatable bonds is 0. The van der Waals surface area contributed by atoms with Crippen LogP contribution in [0.4, 0.5) is 0 Å². The maximum absolute atomic E-state index is 8.74. The fraction of sp³-hybridized carbons (Fsp3) is 0. The van der Waals surface area contributed by atoms with Crippen LogP contribution < -0.4 is 0 Å². The Balaban J connectivity index is -0.00000000286. The summed E-state index contributed by atoms with van der Waals surface area (Å²) in [5.41, 5.74) is 0. The van der Waals surface area contributed by atoms with Crippen molar-refractivity contribution >= 4 is 34.1 Å². The molecule has 13 heteroatoms. The normalized spacial score (nSPS) is 4.46. The van der Waals surface area contributed by atoms with Crippen molar-refractivity contribution in [3.63, 3.8) is 0 Å². The zero-order chi connectivity index (χ0) is 4.50. The molecule has 0 aromatic rings. The van der Waals surface area contributed by atoms with Crippen molar-refractivity contribution in [2.75, 3.05) is 0 Å². The zero-order valence-corrected chi connectivity index (χ0v) is 9.79. The van der Waals surface area contributed by atoms with Crippen molar-refractivity contribution < 1.29 is 55.9 Å². The second-order valence-corrected chi connectivity index (χ2v) is 1.34. The Bertz CT molecular complexity index is 93.3. The second-order valence-electron chi connectivity index (χ2n) is 0.448. The molecule has 0 unspecified atom stereocenters. The van der Waals surface area contributed by atoms with Crippen LogP contribution in [0.25, 0.3) is 0 Å². The molecule has 0 atom stereocenters. The fourth-order valence-electron chi connectivity index (χ4n) is 0. The average molecular weight is 354 g/mol. The Hall–Kier alpha value is 0.380. The summed E-state index contributed by atoms with van der Waals surface area (Å²) in [6.07, 6.45) is 0. The number of hydrogen-bond donors (Lipinski definition) is 2. The van der Waals surface area contributed by atoms with Gasteiger partial charge in [-0.05, 0) is 0 Å². The molecular formula is H18O11STe. The Morgan fingerprint density at radius 1 is 0.615 bits per heavy atom. The molecule has 0 aliphatic carbocycles. The Kier molecular flexibility index (Phi) is 324. The SMILES string of the molecule is O.O.O.O.O.O.O.O=S(=O)(O)O.[TeH2]. The first-order chi connectivity index (χ1) is 2.00. The van der Waals surface area contributed by atoms with Gasteiger partial charge in [0.2, 0.25) is 0 Å². The van der Waals surface area contributed by atoms with Gasteiger partial charge in [0.05, 0.1) is 0 Å². The molecule has 0 aromatic carbocycles. The summed E-state index contributed by atoms with van der Waals surface area (Å²) >= 11 is 0. The second kappa shape index (κ2) is 39.4. The van der Waals surface area contributed by atoms with E-state index in [4.69, 9.17) is 17.5 Å². The van der Waals surface area contributed by atoms with Gasteiger partial charge in [-0.25, -0.2) is 0 Å². The van der Waals surface area contributed by atoms with Gasteiger partial charge in [-0.1, -0.05) is 0 Å². The summed E-state index contributed by atoms with van der Waals surface area (Å²) in [6.45, 7) is 0. The molecule has 0 saturated heterocycles. The molecule has 96 valence electrons. The minimum absolute atomic E-state index is 0. The number of hydrogen-bond acceptors (Lipinski definition) is 2. The Morgan fingerprint density at radius 3 is 0.615 bits per heavy atom. The predicted octanol–water partition coefficient (Wildman–Crippen LogP) is -7.34. The molecule has 0 bridgehead atoms. The molecule has 0 amide bonds. The van der Waals surface area contributed by atoms with Crippen LogP contribution in [-0.2, 0) is 10.4 Å². The predicted molar refractivity (Wildman–Crippen MR) is 48.0 cm³/mol. The van der Waals surface area contributed by atoms with E-state index in [0.29, 0.717) is 0 Å². The van der Waals surface area contributed by atoms with Crippen molar-refractivity contribution in [3.05, 3.63) is 0 Å². The quantitative estimate of drug-likeness (QED) is 0.316. The van der Waals surface area contributed by atoms with Crippen LogP contribution in [0, 0.1) is 0 Å². The third-order valence-corrected chi connectivity index (χ3v) is 0. The van der Waals surface area contributed by atoms with Gasteiger partial charge in [0.15, 0.2) is 0 Å². The summed E-state index contributed by atoms with van der Waals surface area (Å²) < 4.78 is 31.6. The summed E-state index contributed by atoms with van der Waals surface area (Å²) in [5, 5.41) is 0. The van der Waals surface area contributed by atoms with Gasteiger partial charge >= 0.3 is 34.1 Å². The van der Waals surface area contributed by atoms with Crippen molar-refractivity contribution in [2.45, 2.75) is 0 Å². The van der Waals surface area contributed by atoms with Gasteiger partial charge in [0.1, 0.15) is 0 Å². The van der Waals surface area contributed by atoms with Gasteiger partial charge < -0.3 is 38.3 Å².